The summed E-state index contributed by atoms with van der Waals surface area (Å²) in [5.74, 6) is 0.737. The van der Waals surface area contributed by atoms with E-state index in [1.807, 2.05) is 23.9 Å². The molecule has 5 heteroatoms. The number of methoxy groups -OCH3 is 1. The van der Waals surface area contributed by atoms with Crippen LogP contribution in [0.3, 0.4) is 0 Å². The number of imidazole rings is 1. The molecule has 2 rings (SSSR count). The molecule has 4 nitrogen and oxygen atoms in total. The molecule has 0 radical (unpaired) electrons. The van der Waals surface area contributed by atoms with Crippen molar-refractivity contribution in [2.45, 2.75) is 10.1 Å². The summed E-state index contributed by atoms with van der Waals surface area (Å²) >= 11 is 1.45. The zero-order chi connectivity index (χ0) is 12.3. The average Bonchev–Trinajstić information content (AvgIpc) is 2.75. The van der Waals surface area contributed by atoms with Crippen molar-refractivity contribution in [3.8, 4) is 11.8 Å². The minimum atomic E-state index is 0.624. The van der Waals surface area contributed by atoms with E-state index in [0.29, 0.717) is 5.56 Å². The Kier molecular flexibility index (Phi) is 3.35. The van der Waals surface area contributed by atoms with Crippen molar-refractivity contribution in [3.63, 3.8) is 0 Å². The fourth-order valence-electron chi connectivity index (χ4n) is 1.36. The second kappa shape index (κ2) is 4.93. The summed E-state index contributed by atoms with van der Waals surface area (Å²) in [6, 6.07) is 7.54. The minimum Gasteiger partial charge on any atom is -0.497 e. The summed E-state index contributed by atoms with van der Waals surface area (Å²) < 4.78 is 7.06. The van der Waals surface area contributed by atoms with E-state index in [4.69, 9.17) is 10.00 Å². The molecule has 0 aliphatic rings. The molecule has 0 spiro atoms. The van der Waals surface area contributed by atoms with Gasteiger partial charge in [0.25, 0.3) is 0 Å². The SMILES string of the molecule is COc1ccc(C#N)c(Sc2nccn2C)c1. The minimum absolute atomic E-state index is 0.624. The molecule has 0 fully saturated rings. The van der Waals surface area contributed by atoms with Crippen molar-refractivity contribution in [1.29, 1.82) is 5.26 Å². The van der Waals surface area contributed by atoms with Gasteiger partial charge >= 0.3 is 0 Å². The van der Waals surface area contributed by atoms with Crippen LogP contribution in [0.5, 0.6) is 5.75 Å². The van der Waals surface area contributed by atoms with Crippen molar-refractivity contribution in [3.05, 3.63) is 36.2 Å². The third-order valence-corrected chi connectivity index (χ3v) is 3.42. The molecule has 17 heavy (non-hydrogen) atoms. The largest absolute Gasteiger partial charge is 0.497 e. The van der Waals surface area contributed by atoms with Gasteiger partial charge in [0.1, 0.15) is 11.8 Å². The number of aryl methyl sites for hydroxylation is 1. The number of hydrogen-bond donors (Lipinski definition) is 0. The summed E-state index contributed by atoms with van der Waals surface area (Å²) in [6.07, 6.45) is 3.60. The normalized spacial score (nSPS) is 9.94. The van der Waals surface area contributed by atoms with Crippen LogP contribution in [0.1, 0.15) is 5.56 Å². The Hall–Kier alpha value is -1.93. The fourth-order valence-corrected chi connectivity index (χ4v) is 2.27. The van der Waals surface area contributed by atoms with Gasteiger partial charge in [-0.25, -0.2) is 4.98 Å². The van der Waals surface area contributed by atoms with Gasteiger partial charge < -0.3 is 9.30 Å². The quantitative estimate of drug-likeness (QED) is 0.833. The lowest BCUT2D eigenvalue weighted by atomic mass is 10.2. The van der Waals surface area contributed by atoms with Gasteiger partial charge in [0.05, 0.1) is 12.7 Å². The zero-order valence-electron chi connectivity index (χ0n) is 9.54. The Morgan fingerprint density at radius 3 is 2.88 bits per heavy atom. The van der Waals surface area contributed by atoms with Crippen LogP contribution in [0.15, 0.2) is 40.6 Å². The fraction of sp³-hybridized carbons (Fsp3) is 0.167. The van der Waals surface area contributed by atoms with Gasteiger partial charge in [0.2, 0.25) is 0 Å². The number of aromatic nitrogens is 2. The summed E-state index contributed by atoms with van der Waals surface area (Å²) in [5, 5.41) is 9.89. The summed E-state index contributed by atoms with van der Waals surface area (Å²) in [5.41, 5.74) is 0.624. The summed E-state index contributed by atoms with van der Waals surface area (Å²) in [6.45, 7) is 0. The topological polar surface area (TPSA) is 50.8 Å². The zero-order valence-corrected chi connectivity index (χ0v) is 10.4. The number of benzene rings is 1. The maximum Gasteiger partial charge on any atom is 0.172 e. The van der Waals surface area contributed by atoms with Crippen LogP contribution in [-0.4, -0.2) is 16.7 Å². The first-order chi connectivity index (χ1) is 8.24. The number of rotatable bonds is 3. The predicted molar refractivity (Wildman–Crippen MR) is 65.0 cm³/mol. The molecular weight excluding hydrogens is 234 g/mol. The molecule has 0 atom stereocenters. The highest BCUT2D eigenvalue weighted by molar-refractivity contribution is 7.99. The molecule has 0 aliphatic carbocycles. The maximum absolute atomic E-state index is 9.05. The average molecular weight is 245 g/mol. The van der Waals surface area contributed by atoms with E-state index < -0.39 is 0 Å². The first-order valence-electron chi connectivity index (χ1n) is 4.98. The highest BCUT2D eigenvalue weighted by Crippen LogP contribution is 2.31. The van der Waals surface area contributed by atoms with Crippen LogP contribution < -0.4 is 4.74 Å². The van der Waals surface area contributed by atoms with Gasteiger partial charge in [-0.2, -0.15) is 5.26 Å². The number of nitrogens with zero attached hydrogens (tertiary/aromatic N) is 3. The van der Waals surface area contributed by atoms with E-state index in [-0.39, 0.29) is 0 Å². The van der Waals surface area contributed by atoms with Crippen molar-refractivity contribution in [2.24, 2.45) is 7.05 Å². The molecule has 1 aromatic heterocycles. The van der Waals surface area contributed by atoms with E-state index in [9.17, 15) is 0 Å². The number of hydrogen-bond acceptors (Lipinski definition) is 4. The molecule has 1 aromatic carbocycles. The van der Waals surface area contributed by atoms with Crippen LogP contribution in [0.25, 0.3) is 0 Å². The lowest BCUT2D eigenvalue weighted by molar-refractivity contribution is 0.413. The van der Waals surface area contributed by atoms with Gasteiger partial charge in [-0.3, -0.25) is 0 Å². The van der Waals surface area contributed by atoms with Gasteiger partial charge in [-0.05, 0) is 18.2 Å². The van der Waals surface area contributed by atoms with Gasteiger partial charge in [0, 0.05) is 24.3 Å². The van der Waals surface area contributed by atoms with Crippen LogP contribution in [-0.2, 0) is 7.05 Å². The van der Waals surface area contributed by atoms with Gasteiger partial charge in [-0.1, -0.05) is 11.8 Å². The van der Waals surface area contributed by atoms with Crippen molar-refractivity contribution >= 4 is 11.8 Å². The van der Waals surface area contributed by atoms with E-state index in [0.717, 1.165) is 15.8 Å². The Morgan fingerprint density at radius 1 is 1.47 bits per heavy atom. The Bertz CT molecular complexity index is 571. The number of nitriles is 1. The molecule has 2 aromatic rings. The molecule has 0 saturated carbocycles. The number of ether oxygens (including phenoxy) is 1. The molecule has 0 aliphatic heterocycles. The highest BCUT2D eigenvalue weighted by Gasteiger charge is 2.08. The monoisotopic (exact) mass is 245 g/mol. The van der Waals surface area contributed by atoms with E-state index in [2.05, 4.69) is 11.1 Å². The Morgan fingerprint density at radius 2 is 2.29 bits per heavy atom. The molecular formula is C12H11N3OS. The van der Waals surface area contributed by atoms with E-state index in [1.54, 1.807) is 25.4 Å². The second-order valence-electron chi connectivity index (χ2n) is 3.40. The standard InChI is InChI=1S/C12H11N3OS/c1-15-6-5-14-12(15)17-11-7-10(16-2)4-3-9(11)8-13/h3-7H,1-2H3. The first-order valence-corrected chi connectivity index (χ1v) is 5.79. The van der Waals surface area contributed by atoms with E-state index in [1.165, 1.54) is 11.8 Å². The van der Waals surface area contributed by atoms with Crippen LogP contribution in [0, 0.1) is 11.3 Å². The predicted octanol–water partition coefficient (Wildman–Crippen LogP) is 2.45. The van der Waals surface area contributed by atoms with Crippen molar-refractivity contribution < 1.29 is 4.74 Å². The molecule has 1 heterocycles. The van der Waals surface area contributed by atoms with Crippen molar-refractivity contribution in [2.75, 3.05) is 7.11 Å². The summed E-state index contributed by atoms with van der Waals surface area (Å²) in [4.78, 5) is 5.07. The van der Waals surface area contributed by atoms with E-state index >= 15 is 0 Å². The van der Waals surface area contributed by atoms with Gasteiger partial charge in [0.15, 0.2) is 5.16 Å². The van der Waals surface area contributed by atoms with Crippen LogP contribution in [0.4, 0.5) is 0 Å². The van der Waals surface area contributed by atoms with Crippen molar-refractivity contribution in [1.82, 2.24) is 9.55 Å². The Balaban J connectivity index is 2.37. The first kappa shape index (κ1) is 11.6. The molecule has 0 N–H and O–H groups in total. The van der Waals surface area contributed by atoms with Crippen LogP contribution >= 0.6 is 11.8 Å². The lowest BCUT2D eigenvalue weighted by Crippen LogP contribution is -1.91. The smallest absolute Gasteiger partial charge is 0.172 e. The third-order valence-electron chi connectivity index (χ3n) is 2.29. The molecule has 0 amide bonds. The summed E-state index contributed by atoms with van der Waals surface area (Å²) in [7, 11) is 3.53. The highest BCUT2D eigenvalue weighted by atomic mass is 32.2. The molecule has 0 saturated heterocycles. The Labute approximate surface area is 104 Å². The van der Waals surface area contributed by atoms with Crippen LogP contribution in [0.2, 0.25) is 0 Å². The molecule has 0 bridgehead atoms. The molecule has 86 valence electrons. The lowest BCUT2D eigenvalue weighted by Gasteiger charge is -2.06. The third kappa shape index (κ3) is 2.43. The van der Waals surface area contributed by atoms with Gasteiger partial charge in [-0.15, -0.1) is 0 Å². The molecule has 0 unspecified atom stereocenters. The maximum atomic E-state index is 9.05. The second-order valence-corrected chi connectivity index (χ2v) is 4.41.